The number of rotatable bonds is 8. The molecular weight excluding hydrogens is 204 g/mol. The fourth-order valence-corrected chi connectivity index (χ4v) is 0.958. The summed E-state index contributed by atoms with van der Waals surface area (Å²) in [4.78, 5) is 41.8. The summed E-state index contributed by atoms with van der Waals surface area (Å²) in [6.45, 7) is 0. The van der Waals surface area contributed by atoms with Crippen LogP contribution in [0.2, 0.25) is 0 Å². The van der Waals surface area contributed by atoms with Gasteiger partial charge in [-0.15, -0.1) is 0 Å². The normalized spacial score (nSPS) is 11.7. The Morgan fingerprint density at radius 1 is 1.00 bits per heavy atom. The second kappa shape index (κ2) is 6.69. The average Bonchev–Trinajstić information content (AvgIpc) is 2.15. The van der Waals surface area contributed by atoms with Gasteiger partial charge in [-0.2, -0.15) is 0 Å². The van der Waals surface area contributed by atoms with Gasteiger partial charge in [-0.1, -0.05) is 0 Å². The van der Waals surface area contributed by atoms with E-state index in [0.29, 0.717) is 0 Å². The van der Waals surface area contributed by atoms with Crippen molar-refractivity contribution < 1.29 is 29.4 Å². The molecule has 0 aliphatic rings. The van der Waals surface area contributed by atoms with Crippen LogP contribution < -0.4 is 0 Å². The number of hydrogen-bond acceptors (Lipinski definition) is 4. The van der Waals surface area contributed by atoms with Crippen LogP contribution in [0.1, 0.15) is 25.7 Å². The van der Waals surface area contributed by atoms with E-state index in [4.69, 9.17) is 10.2 Å². The Labute approximate surface area is 85.9 Å². The van der Waals surface area contributed by atoms with E-state index in [1.807, 2.05) is 0 Å². The summed E-state index contributed by atoms with van der Waals surface area (Å²) in [6.07, 6.45) is 0.365. The monoisotopic (exact) mass is 215 g/mol. The molecule has 15 heavy (non-hydrogen) atoms. The van der Waals surface area contributed by atoms with E-state index < -0.39 is 23.6 Å². The number of hydrogen-bond donors (Lipinski definition) is 2. The van der Waals surface area contributed by atoms with Gasteiger partial charge in [0.15, 0.2) is 0 Å². The summed E-state index contributed by atoms with van der Waals surface area (Å²) in [5.74, 6) is -3.94. The molecular formula is C9H11O6. The maximum Gasteiger partial charge on any atom is 0.303 e. The van der Waals surface area contributed by atoms with Crippen molar-refractivity contribution in [1.29, 1.82) is 0 Å². The predicted octanol–water partition coefficient (Wildman–Crippen LogP) is 0.0110. The molecule has 83 valence electrons. The lowest BCUT2D eigenvalue weighted by Gasteiger charge is -2.05. The first-order chi connectivity index (χ1) is 6.97. The van der Waals surface area contributed by atoms with Crippen molar-refractivity contribution in [2.24, 2.45) is 5.92 Å². The maximum absolute atomic E-state index is 11.2. The summed E-state index contributed by atoms with van der Waals surface area (Å²) in [6, 6.07) is 0. The molecule has 0 fully saturated rings. The predicted molar refractivity (Wildman–Crippen MR) is 47.9 cm³/mol. The van der Waals surface area contributed by atoms with Crippen LogP contribution in [0.25, 0.3) is 0 Å². The molecule has 2 N–H and O–H groups in total. The van der Waals surface area contributed by atoms with E-state index in [-0.39, 0.29) is 25.7 Å². The molecule has 0 rings (SSSR count). The van der Waals surface area contributed by atoms with Crippen molar-refractivity contribution >= 4 is 24.0 Å². The SMILES string of the molecule is O=[C]C(CCC(=O)O)C(=O)CCC(=O)O. The second-order valence-corrected chi connectivity index (χ2v) is 2.96. The standard InChI is InChI=1S/C9H11O6/c10-5-6(1-3-8(12)13)7(11)2-4-9(14)15/h6H,1-4H2,(H,12,13)(H,14,15). The molecule has 1 radical (unpaired) electrons. The minimum Gasteiger partial charge on any atom is -0.481 e. The third-order valence-electron chi connectivity index (χ3n) is 1.76. The summed E-state index contributed by atoms with van der Waals surface area (Å²) in [5.41, 5.74) is 0. The van der Waals surface area contributed by atoms with E-state index in [1.165, 1.54) is 6.29 Å². The van der Waals surface area contributed by atoms with Gasteiger partial charge in [0.25, 0.3) is 0 Å². The van der Waals surface area contributed by atoms with E-state index in [2.05, 4.69) is 0 Å². The molecule has 0 aromatic carbocycles. The minimum atomic E-state index is -1.13. The van der Waals surface area contributed by atoms with Gasteiger partial charge in [0.05, 0.1) is 12.3 Å². The van der Waals surface area contributed by atoms with Gasteiger partial charge in [0.1, 0.15) is 5.78 Å². The Kier molecular flexibility index (Phi) is 5.92. The molecule has 0 aliphatic heterocycles. The van der Waals surface area contributed by atoms with Crippen molar-refractivity contribution in [1.82, 2.24) is 0 Å². The van der Waals surface area contributed by atoms with Gasteiger partial charge in [-0.3, -0.25) is 19.2 Å². The number of Topliss-reactive ketones (excluding diaryl/α,β-unsaturated/α-hetero) is 1. The van der Waals surface area contributed by atoms with Crippen LogP contribution in [0.3, 0.4) is 0 Å². The number of aliphatic carboxylic acids is 2. The van der Waals surface area contributed by atoms with Gasteiger partial charge in [0, 0.05) is 12.8 Å². The summed E-state index contributed by atoms with van der Waals surface area (Å²) >= 11 is 0. The lowest BCUT2D eigenvalue weighted by molar-refractivity contribution is -0.139. The third kappa shape index (κ3) is 6.36. The molecule has 0 aliphatic carbocycles. The Hall–Kier alpha value is -1.72. The molecule has 0 aromatic rings. The molecule has 0 saturated carbocycles. The Balaban J connectivity index is 4.04. The van der Waals surface area contributed by atoms with Crippen molar-refractivity contribution in [3.05, 3.63) is 0 Å². The van der Waals surface area contributed by atoms with Gasteiger partial charge in [0.2, 0.25) is 6.29 Å². The second-order valence-electron chi connectivity index (χ2n) is 2.96. The molecule has 0 saturated heterocycles. The first kappa shape index (κ1) is 13.3. The molecule has 0 bridgehead atoms. The van der Waals surface area contributed by atoms with Crippen LogP contribution in [0.4, 0.5) is 0 Å². The highest BCUT2D eigenvalue weighted by Gasteiger charge is 2.20. The molecule has 0 heterocycles. The van der Waals surface area contributed by atoms with Gasteiger partial charge in [-0.05, 0) is 6.42 Å². The average molecular weight is 215 g/mol. The van der Waals surface area contributed by atoms with Crippen LogP contribution in [-0.4, -0.2) is 34.2 Å². The van der Waals surface area contributed by atoms with Gasteiger partial charge in [-0.25, -0.2) is 0 Å². The van der Waals surface area contributed by atoms with Crippen molar-refractivity contribution in [3.8, 4) is 0 Å². The van der Waals surface area contributed by atoms with E-state index >= 15 is 0 Å². The molecule has 6 nitrogen and oxygen atoms in total. The Bertz CT molecular complexity index is 270. The van der Waals surface area contributed by atoms with E-state index in [1.54, 1.807) is 0 Å². The Morgan fingerprint density at radius 3 is 1.93 bits per heavy atom. The lowest BCUT2D eigenvalue weighted by Crippen LogP contribution is -2.18. The fraction of sp³-hybridized carbons (Fsp3) is 0.556. The van der Waals surface area contributed by atoms with Crippen LogP contribution in [0.5, 0.6) is 0 Å². The summed E-state index contributed by atoms with van der Waals surface area (Å²) in [5, 5.41) is 16.6. The largest absolute Gasteiger partial charge is 0.481 e. The minimum absolute atomic E-state index is 0.128. The highest BCUT2D eigenvalue weighted by Crippen LogP contribution is 2.09. The number of ketones is 1. The smallest absolute Gasteiger partial charge is 0.303 e. The number of carboxylic acid groups (broad SMARTS) is 2. The zero-order valence-corrected chi connectivity index (χ0v) is 7.93. The van der Waals surface area contributed by atoms with Crippen LogP contribution in [-0.2, 0) is 19.2 Å². The maximum atomic E-state index is 11.2. The highest BCUT2D eigenvalue weighted by molar-refractivity contribution is 5.95. The van der Waals surface area contributed by atoms with Crippen LogP contribution in [0.15, 0.2) is 0 Å². The van der Waals surface area contributed by atoms with Crippen molar-refractivity contribution in [2.75, 3.05) is 0 Å². The molecule has 1 atom stereocenters. The van der Waals surface area contributed by atoms with Crippen LogP contribution in [0, 0.1) is 5.92 Å². The van der Waals surface area contributed by atoms with Crippen LogP contribution >= 0.6 is 0 Å². The molecule has 0 amide bonds. The quantitative estimate of drug-likeness (QED) is 0.552. The number of carbonyl (C=O) groups is 3. The van der Waals surface area contributed by atoms with Crippen molar-refractivity contribution in [3.63, 3.8) is 0 Å². The van der Waals surface area contributed by atoms with Gasteiger partial charge >= 0.3 is 11.9 Å². The zero-order valence-electron chi connectivity index (χ0n) is 7.93. The molecule has 0 spiro atoms. The van der Waals surface area contributed by atoms with Gasteiger partial charge < -0.3 is 10.2 Å². The van der Waals surface area contributed by atoms with E-state index in [9.17, 15) is 19.2 Å². The van der Waals surface area contributed by atoms with E-state index in [0.717, 1.165) is 0 Å². The fourth-order valence-electron chi connectivity index (χ4n) is 0.958. The third-order valence-corrected chi connectivity index (χ3v) is 1.76. The first-order valence-corrected chi connectivity index (χ1v) is 4.31. The summed E-state index contributed by atoms with van der Waals surface area (Å²) < 4.78 is 0. The first-order valence-electron chi connectivity index (χ1n) is 4.31. The molecule has 1 unspecified atom stereocenters. The number of carboxylic acids is 2. The topological polar surface area (TPSA) is 109 Å². The zero-order chi connectivity index (χ0) is 11.8. The molecule has 0 aromatic heterocycles. The van der Waals surface area contributed by atoms with Crippen molar-refractivity contribution in [2.45, 2.75) is 25.7 Å². The number of carbonyl (C=O) groups excluding carboxylic acids is 2. The lowest BCUT2D eigenvalue weighted by atomic mass is 9.97. The highest BCUT2D eigenvalue weighted by atomic mass is 16.4. The molecule has 6 heteroatoms. The Morgan fingerprint density at radius 2 is 1.53 bits per heavy atom. The summed E-state index contributed by atoms with van der Waals surface area (Å²) in [7, 11) is 0.